The number of aliphatic hydroxyl groups is 1. The molecule has 124 valence electrons. The monoisotopic (exact) mass is 324 g/mol. The first-order valence-corrected chi connectivity index (χ1v) is 7.90. The van der Waals surface area contributed by atoms with Gasteiger partial charge in [0, 0.05) is 12.1 Å². The summed E-state index contributed by atoms with van der Waals surface area (Å²) < 4.78 is 5.06. The van der Waals surface area contributed by atoms with E-state index < -0.39 is 6.10 Å². The van der Waals surface area contributed by atoms with Crippen LogP contribution in [0.15, 0.2) is 47.0 Å². The molecule has 3 rings (SSSR count). The Kier molecular flexibility index (Phi) is 4.62. The number of aliphatic hydroxyl groups excluding tert-OH is 1. The van der Waals surface area contributed by atoms with Gasteiger partial charge in [-0.1, -0.05) is 47.6 Å². The lowest BCUT2D eigenvalue weighted by atomic mass is 10.0. The van der Waals surface area contributed by atoms with Crippen LogP contribution in [0.5, 0.6) is 0 Å². The lowest BCUT2D eigenvalue weighted by Gasteiger charge is -2.14. The van der Waals surface area contributed by atoms with Gasteiger partial charge in [-0.25, -0.2) is 0 Å². The van der Waals surface area contributed by atoms with Crippen LogP contribution in [0, 0.1) is 13.8 Å². The topological polar surface area (TPSA) is 75.4 Å². The van der Waals surface area contributed by atoms with Gasteiger partial charge in [0.15, 0.2) is 0 Å². The lowest BCUT2D eigenvalue weighted by Crippen LogP contribution is -2.30. The number of nitrogens with one attached hydrogen (secondary N) is 1. The molecule has 0 radical (unpaired) electrons. The van der Waals surface area contributed by atoms with E-state index in [9.17, 15) is 9.90 Å². The van der Waals surface area contributed by atoms with Crippen molar-refractivity contribution in [2.75, 3.05) is 6.54 Å². The molecule has 2 N–H and O–H groups in total. The second-order valence-electron chi connectivity index (χ2n) is 5.87. The summed E-state index contributed by atoms with van der Waals surface area (Å²) in [7, 11) is 0. The van der Waals surface area contributed by atoms with E-state index in [-0.39, 0.29) is 18.9 Å². The Balaban J connectivity index is 1.66. The second kappa shape index (κ2) is 6.84. The van der Waals surface area contributed by atoms with Crippen molar-refractivity contribution < 1.29 is 14.4 Å². The van der Waals surface area contributed by atoms with Crippen molar-refractivity contribution in [3.05, 3.63) is 65.0 Å². The summed E-state index contributed by atoms with van der Waals surface area (Å²) in [4.78, 5) is 12.1. The van der Waals surface area contributed by atoms with Gasteiger partial charge in [-0.05, 0) is 30.2 Å². The van der Waals surface area contributed by atoms with Crippen LogP contribution in [0.4, 0.5) is 0 Å². The third-order valence-corrected chi connectivity index (χ3v) is 4.19. The number of amides is 1. The lowest BCUT2D eigenvalue weighted by molar-refractivity contribution is -0.120. The van der Waals surface area contributed by atoms with Crippen molar-refractivity contribution >= 4 is 16.7 Å². The SMILES string of the molecule is Cc1noc(C)c1CC(=O)NCC(O)c1cccc2ccccc12. The maximum Gasteiger partial charge on any atom is 0.224 e. The molecule has 1 heterocycles. The van der Waals surface area contributed by atoms with Gasteiger partial charge in [-0.15, -0.1) is 0 Å². The molecule has 24 heavy (non-hydrogen) atoms. The zero-order valence-electron chi connectivity index (χ0n) is 13.7. The number of benzene rings is 2. The predicted octanol–water partition coefficient (Wildman–Crippen LogP) is 2.84. The summed E-state index contributed by atoms with van der Waals surface area (Å²) in [5.41, 5.74) is 2.33. The molecule has 0 aliphatic rings. The molecule has 0 saturated heterocycles. The van der Waals surface area contributed by atoms with Gasteiger partial charge in [0.2, 0.25) is 5.91 Å². The first-order valence-electron chi connectivity index (χ1n) is 7.90. The fourth-order valence-electron chi connectivity index (χ4n) is 2.84. The van der Waals surface area contributed by atoms with Gasteiger partial charge in [-0.3, -0.25) is 4.79 Å². The number of fused-ring (bicyclic) bond motifs is 1. The number of nitrogens with zero attached hydrogens (tertiary/aromatic N) is 1. The molecule has 0 aliphatic carbocycles. The van der Waals surface area contributed by atoms with Crippen LogP contribution < -0.4 is 5.32 Å². The standard InChI is InChI=1S/C19H20N2O3/c1-12-17(13(2)24-21-12)10-19(23)20-11-18(22)16-9-5-7-14-6-3-4-8-15(14)16/h3-9,18,22H,10-11H2,1-2H3,(H,20,23). The molecule has 5 heteroatoms. The Morgan fingerprint density at radius 1 is 1.21 bits per heavy atom. The maximum absolute atomic E-state index is 12.1. The molecule has 0 spiro atoms. The van der Waals surface area contributed by atoms with Crippen molar-refractivity contribution in [2.45, 2.75) is 26.4 Å². The fourth-order valence-corrected chi connectivity index (χ4v) is 2.84. The minimum atomic E-state index is -0.760. The highest BCUT2D eigenvalue weighted by Crippen LogP contribution is 2.23. The van der Waals surface area contributed by atoms with Gasteiger partial charge in [0.25, 0.3) is 0 Å². The number of carbonyl (C=O) groups excluding carboxylic acids is 1. The Hall–Kier alpha value is -2.66. The van der Waals surface area contributed by atoms with Crippen LogP contribution in [0.25, 0.3) is 10.8 Å². The molecular weight excluding hydrogens is 304 g/mol. The van der Waals surface area contributed by atoms with Crippen LogP contribution in [-0.2, 0) is 11.2 Å². The summed E-state index contributed by atoms with van der Waals surface area (Å²) in [6, 6.07) is 13.7. The molecule has 3 aromatic rings. The summed E-state index contributed by atoms with van der Waals surface area (Å²) >= 11 is 0. The van der Waals surface area contributed by atoms with Crippen molar-refractivity contribution in [1.82, 2.24) is 10.5 Å². The molecule has 1 atom stereocenters. The van der Waals surface area contributed by atoms with Crippen molar-refractivity contribution in [1.29, 1.82) is 0 Å². The number of hydrogen-bond donors (Lipinski definition) is 2. The molecule has 1 unspecified atom stereocenters. The van der Waals surface area contributed by atoms with Crippen LogP contribution >= 0.6 is 0 Å². The van der Waals surface area contributed by atoms with Gasteiger partial charge >= 0.3 is 0 Å². The van der Waals surface area contributed by atoms with E-state index in [2.05, 4.69) is 10.5 Å². The third-order valence-electron chi connectivity index (χ3n) is 4.19. The average Bonchev–Trinajstić information content (AvgIpc) is 2.91. The number of carbonyl (C=O) groups is 1. The first-order chi connectivity index (χ1) is 11.6. The molecule has 0 bridgehead atoms. The van der Waals surface area contributed by atoms with E-state index in [0.29, 0.717) is 5.76 Å². The first kappa shape index (κ1) is 16.2. The fraction of sp³-hybridized carbons (Fsp3) is 0.263. The Labute approximate surface area is 140 Å². The summed E-state index contributed by atoms with van der Waals surface area (Å²) in [5.74, 6) is 0.487. The number of hydrogen-bond acceptors (Lipinski definition) is 4. The van der Waals surface area contributed by atoms with E-state index in [1.165, 1.54) is 0 Å². The van der Waals surface area contributed by atoms with E-state index in [1.54, 1.807) is 6.92 Å². The van der Waals surface area contributed by atoms with E-state index >= 15 is 0 Å². The Bertz CT molecular complexity index is 845. The van der Waals surface area contributed by atoms with E-state index in [4.69, 9.17) is 4.52 Å². The van der Waals surface area contributed by atoms with Gasteiger partial charge in [0.1, 0.15) is 5.76 Å². The van der Waals surface area contributed by atoms with Gasteiger partial charge in [-0.2, -0.15) is 0 Å². The number of rotatable bonds is 5. The molecule has 0 aliphatic heterocycles. The van der Waals surface area contributed by atoms with E-state index in [0.717, 1.165) is 27.6 Å². The summed E-state index contributed by atoms with van der Waals surface area (Å²) in [6.45, 7) is 3.76. The number of aromatic nitrogens is 1. The van der Waals surface area contributed by atoms with Crippen LogP contribution in [0.2, 0.25) is 0 Å². The highest BCUT2D eigenvalue weighted by atomic mass is 16.5. The minimum Gasteiger partial charge on any atom is -0.387 e. The van der Waals surface area contributed by atoms with Crippen molar-refractivity contribution in [2.24, 2.45) is 0 Å². The summed E-state index contributed by atoms with van der Waals surface area (Å²) in [6.07, 6.45) is -0.562. The predicted molar refractivity (Wildman–Crippen MR) is 91.6 cm³/mol. The molecule has 5 nitrogen and oxygen atoms in total. The zero-order valence-corrected chi connectivity index (χ0v) is 13.7. The zero-order chi connectivity index (χ0) is 17.1. The van der Waals surface area contributed by atoms with Gasteiger partial charge in [0.05, 0.1) is 18.2 Å². The van der Waals surface area contributed by atoms with Crippen molar-refractivity contribution in [3.63, 3.8) is 0 Å². The van der Waals surface area contributed by atoms with Crippen molar-refractivity contribution in [3.8, 4) is 0 Å². The summed E-state index contributed by atoms with van der Waals surface area (Å²) in [5, 5.41) is 19.1. The van der Waals surface area contributed by atoms with E-state index in [1.807, 2.05) is 49.4 Å². The molecule has 1 aromatic heterocycles. The number of aryl methyl sites for hydroxylation is 2. The molecular formula is C19H20N2O3. The minimum absolute atomic E-state index is 0.163. The maximum atomic E-state index is 12.1. The highest BCUT2D eigenvalue weighted by molar-refractivity contribution is 5.86. The Morgan fingerprint density at radius 3 is 2.71 bits per heavy atom. The molecule has 1 amide bonds. The molecule has 2 aromatic carbocycles. The molecule has 0 saturated carbocycles. The molecule has 0 fully saturated rings. The Morgan fingerprint density at radius 2 is 1.96 bits per heavy atom. The quantitative estimate of drug-likeness (QED) is 0.757. The van der Waals surface area contributed by atoms with Crippen LogP contribution in [0.3, 0.4) is 0 Å². The average molecular weight is 324 g/mol. The second-order valence-corrected chi connectivity index (χ2v) is 5.87. The van der Waals surface area contributed by atoms with Crippen LogP contribution in [0.1, 0.15) is 28.7 Å². The van der Waals surface area contributed by atoms with Gasteiger partial charge < -0.3 is 14.9 Å². The van der Waals surface area contributed by atoms with Crippen LogP contribution in [-0.4, -0.2) is 22.7 Å². The normalized spacial score (nSPS) is 12.3. The highest BCUT2D eigenvalue weighted by Gasteiger charge is 2.16. The third kappa shape index (κ3) is 3.31. The largest absolute Gasteiger partial charge is 0.387 e. The smallest absolute Gasteiger partial charge is 0.224 e.